The van der Waals surface area contributed by atoms with Gasteiger partial charge in [0.1, 0.15) is 0 Å². The van der Waals surface area contributed by atoms with E-state index in [4.69, 9.17) is 0 Å². The molecule has 2 aromatic heterocycles. The molecule has 0 saturated carbocycles. The smallest absolute Gasteiger partial charge is 0.0578 e. The Labute approximate surface area is 108 Å². The van der Waals surface area contributed by atoms with Crippen molar-refractivity contribution in [2.75, 3.05) is 7.05 Å². The molecule has 0 saturated heterocycles. The number of nitrogens with one attached hydrogen (secondary N) is 1. The number of halogens is 1. The predicted octanol–water partition coefficient (Wildman–Crippen LogP) is 3.64. The van der Waals surface area contributed by atoms with E-state index < -0.39 is 0 Å². The lowest BCUT2D eigenvalue weighted by Gasteiger charge is -2.14. The Hall–Kier alpha value is -0.580. The summed E-state index contributed by atoms with van der Waals surface area (Å²) >= 11 is 5.36. The molecule has 4 heteroatoms. The Morgan fingerprint density at radius 3 is 2.94 bits per heavy atom. The maximum absolute atomic E-state index is 3.57. The van der Waals surface area contributed by atoms with Crippen molar-refractivity contribution in [1.82, 2.24) is 9.88 Å². The van der Waals surface area contributed by atoms with Crippen molar-refractivity contribution in [3.05, 3.63) is 44.8 Å². The summed E-state index contributed by atoms with van der Waals surface area (Å²) in [6.45, 7) is 3.11. The summed E-state index contributed by atoms with van der Waals surface area (Å²) in [5.41, 5.74) is 1.32. The Morgan fingerprint density at radius 2 is 2.31 bits per heavy atom. The zero-order chi connectivity index (χ0) is 11.5. The van der Waals surface area contributed by atoms with Crippen LogP contribution >= 0.6 is 27.3 Å². The van der Waals surface area contributed by atoms with Crippen LogP contribution in [-0.2, 0) is 6.54 Å². The Kier molecular flexibility index (Phi) is 3.84. The van der Waals surface area contributed by atoms with Gasteiger partial charge in [0.15, 0.2) is 0 Å². The van der Waals surface area contributed by atoms with E-state index >= 15 is 0 Å². The molecule has 0 aliphatic rings. The van der Waals surface area contributed by atoms with E-state index in [-0.39, 0.29) is 0 Å². The van der Waals surface area contributed by atoms with Gasteiger partial charge in [-0.2, -0.15) is 0 Å². The monoisotopic (exact) mass is 298 g/mol. The second-order valence-electron chi connectivity index (χ2n) is 3.76. The molecule has 0 aliphatic carbocycles. The summed E-state index contributed by atoms with van der Waals surface area (Å²) in [6.07, 6.45) is 2.13. The quantitative estimate of drug-likeness (QED) is 0.912. The van der Waals surface area contributed by atoms with Crippen LogP contribution in [0, 0.1) is 0 Å². The van der Waals surface area contributed by atoms with Crippen LogP contribution in [0.3, 0.4) is 0 Å². The molecule has 1 N–H and O–H groups in total. The number of hydrogen-bond donors (Lipinski definition) is 1. The largest absolute Gasteiger partial charge is 0.345 e. The molecule has 2 nitrogen and oxygen atoms in total. The van der Waals surface area contributed by atoms with E-state index in [1.807, 2.05) is 7.05 Å². The summed E-state index contributed by atoms with van der Waals surface area (Å²) in [7, 11) is 1.99. The van der Waals surface area contributed by atoms with E-state index in [0.29, 0.717) is 6.04 Å². The van der Waals surface area contributed by atoms with E-state index in [2.05, 4.69) is 62.5 Å². The van der Waals surface area contributed by atoms with Gasteiger partial charge in [0.2, 0.25) is 0 Å². The number of nitrogens with zero attached hydrogens (tertiary/aromatic N) is 1. The highest BCUT2D eigenvalue weighted by Crippen LogP contribution is 2.25. The molecule has 16 heavy (non-hydrogen) atoms. The van der Waals surface area contributed by atoms with Crippen LogP contribution in [0.25, 0.3) is 0 Å². The molecule has 1 unspecified atom stereocenters. The van der Waals surface area contributed by atoms with Crippen molar-refractivity contribution in [3.63, 3.8) is 0 Å². The molecule has 2 rings (SSSR count). The van der Waals surface area contributed by atoms with Crippen molar-refractivity contribution in [3.8, 4) is 0 Å². The molecule has 0 aromatic carbocycles. The van der Waals surface area contributed by atoms with Gasteiger partial charge >= 0.3 is 0 Å². The van der Waals surface area contributed by atoms with E-state index in [9.17, 15) is 0 Å². The predicted molar refractivity (Wildman–Crippen MR) is 73.0 cm³/mol. The summed E-state index contributed by atoms with van der Waals surface area (Å²) in [4.78, 5) is 1.36. The third-order valence-corrected chi connectivity index (χ3v) is 4.66. The van der Waals surface area contributed by atoms with Crippen molar-refractivity contribution in [2.45, 2.75) is 19.5 Å². The van der Waals surface area contributed by atoms with E-state index in [1.165, 1.54) is 15.0 Å². The van der Waals surface area contributed by atoms with Crippen LogP contribution in [0.2, 0.25) is 0 Å². The van der Waals surface area contributed by atoms with E-state index in [1.54, 1.807) is 11.3 Å². The van der Waals surface area contributed by atoms with Gasteiger partial charge in [-0.05, 0) is 53.5 Å². The minimum absolute atomic E-state index is 0.383. The first kappa shape index (κ1) is 11.9. The molecule has 1 atom stereocenters. The van der Waals surface area contributed by atoms with Gasteiger partial charge in [0.05, 0.1) is 6.54 Å². The van der Waals surface area contributed by atoms with Crippen molar-refractivity contribution < 1.29 is 0 Å². The normalized spacial score (nSPS) is 12.9. The maximum atomic E-state index is 3.57. The fourth-order valence-electron chi connectivity index (χ4n) is 1.70. The summed E-state index contributed by atoms with van der Waals surface area (Å²) in [6, 6.07) is 6.76. The summed E-state index contributed by atoms with van der Waals surface area (Å²) in [5.74, 6) is 0. The Bertz CT molecular complexity index is 461. The van der Waals surface area contributed by atoms with Crippen molar-refractivity contribution >= 4 is 27.3 Å². The lowest BCUT2D eigenvalue weighted by atomic mass is 10.2. The van der Waals surface area contributed by atoms with Crippen molar-refractivity contribution in [1.29, 1.82) is 0 Å². The number of thiophene rings is 1. The molecule has 0 fully saturated rings. The second-order valence-corrected chi connectivity index (χ2v) is 5.62. The third-order valence-electron chi connectivity index (χ3n) is 2.75. The highest BCUT2D eigenvalue weighted by atomic mass is 79.9. The molecule has 0 radical (unpaired) electrons. The summed E-state index contributed by atoms with van der Waals surface area (Å²) < 4.78 is 3.49. The lowest BCUT2D eigenvalue weighted by molar-refractivity contribution is 0.591. The average molecular weight is 299 g/mol. The Balaban J connectivity index is 2.22. The first-order valence-corrected chi connectivity index (χ1v) is 6.94. The SMILES string of the molecule is CNC(C)c1cccn1Cc1sccc1Br. The minimum Gasteiger partial charge on any atom is -0.345 e. The molecule has 2 aromatic rings. The molecule has 86 valence electrons. The van der Waals surface area contributed by atoms with Crippen molar-refractivity contribution in [2.24, 2.45) is 0 Å². The van der Waals surface area contributed by atoms with Crippen LogP contribution < -0.4 is 5.32 Å². The zero-order valence-corrected chi connectivity index (χ0v) is 11.8. The van der Waals surface area contributed by atoms with Crippen LogP contribution in [0.15, 0.2) is 34.2 Å². The van der Waals surface area contributed by atoms with Crippen LogP contribution in [0.5, 0.6) is 0 Å². The fraction of sp³-hybridized carbons (Fsp3) is 0.333. The van der Waals surface area contributed by atoms with Gasteiger partial charge in [-0.15, -0.1) is 11.3 Å². The first-order valence-electron chi connectivity index (χ1n) is 5.26. The highest BCUT2D eigenvalue weighted by molar-refractivity contribution is 9.10. The maximum Gasteiger partial charge on any atom is 0.0578 e. The first-order chi connectivity index (χ1) is 7.72. The average Bonchev–Trinajstić information content (AvgIpc) is 2.88. The van der Waals surface area contributed by atoms with Gasteiger partial charge in [-0.25, -0.2) is 0 Å². The molecular formula is C12H15BrN2S. The topological polar surface area (TPSA) is 17.0 Å². The molecule has 0 amide bonds. The van der Waals surface area contributed by atoms with Crippen LogP contribution in [-0.4, -0.2) is 11.6 Å². The lowest BCUT2D eigenvalue weighted by Crippen LogP contribution is -2.16. The highest BCUT2D eigenvalue weighted by Gasteiger charge is 2.09. The number of rotatable bonds is 4. The van der Waals surface area contributed by atoms with Gasteiger partial charge in [-0.3, -0.25) is 0 Å². The molecule has 0 aliphatic heterocycles. The minimum atomic E-state index is 0.383. The molecule has 0 bridgehead atoms. The zero-order valence-electron chi connectivity index (χ0n) is 9.40. The third kappa shape index (κ3) is 2.39. The van der Waals surface area contributed by atoms with E-state index in [0.717, 1.165) is 6.54 Å². The Morgan fingerprint density at radius 1 is 1.50 bits per heavy atom. The van der Waals surface area contributed by atoms with Gasteiger partial charge in [-0.1, -0.05) is 0 Å². The van der Waals surface area contributed by atoms with Gasteiger partial charge in [0, 0.05) is 27.3 Å². The number of aromatic nitrogens is 1. The fourth-order valence-corrected chi connectivity index (χ4v) is 3.18. The van der Waals surface area contributed by atoms with Gasteiger partial charge < -0.3 is 9.88 Å². The molecule has 2 heterocycles. The number of hydrogen-bond acceptors (Lipinski definition) is 2. The molecular weight excluding hydrogens is 284 g/mol. The van der Waals surface area contributed by atoms with Crippen LogP contribution in [0.4, 0.5) is 0 Å². The summed E-state index contributed by atoms with van der Waals surface area (Å²) in [5, 5.41) is 5.39. The van der Waals surface area contributed by atoms with Gasteiger partial charge in [0.25, 0.3) is 0 Å². The second kappa shape index (κ2) is 5.17. The molecule has 0 spiro atoms. The van der Waals surface area contributed by atoms with Crippen LogP contribution in [0.1, 0.15) is 23.5 Å². The standard InChI is InChI=1S/C12H15BrN2S/c1-9(14-2)11-4-3-6-15(11)8-12-10(13)5-7-16-12/h3-7,9,14H,8H2,1-2H3.